The molecule has 2 saturated carbocycles. The van der Waals surface area contributed by atoms with E-state index in [1.807, 2.05) is 19.1 Å². The minimum Gasteiger partial charge on any atom is -0.341 e. The molecular formula is C24H22FN5O. The van der Waals surface area contributed by atoms with Gasteiger partial charge in [-0.1, -0.05) is 0 Å². The van der Waals surface area contributed by atoms with Crippen LogP contribution in [0.4, 0.5) is 15.9 Å². The molecule has 2 fully saturated rings. The Balaban J connectivity index is 1.31. The number of halogens is 1. The second-order valence-electron chi connectivity index (χ2n) is 8.82. The number of pyridine rings is 1. The summed E-state index contributed by atoms with van der Waals surface area (Å²) in [5.41, 5.74) is 3.14. The molecule has 1 amide bonds. The molecule has 0 radical (unpaired) electrons. The summed E-state index contributed by atoms with van der Waals surface area (Å²) in [7, 11) is 0. The number of hydrogen-bond donors (Lipinski definition) is 1. The van der Waals surface area contributed by atoms with Gasteiger partial charge >= 0.3 is 0 Å². The highest BCUT2D eigenvalue weighted by Crippen LogP contribution is 2.56. The molecule has 3 heterocycles. The molecule has 7 heteroatoms. The van der Waals surface area contributed by atoms with Crippen molar-refractivity contribution >= 4 is 17.4 Å². The Morgan fingerprint density at radius 2 is 1.94 bits per heavy atom. The summed E-state index contributed by atoms with van der Waals surface area (Å²) < 4.78 is 13.2. The molecule has 2 unspecified atom stereocenters. The fraction of sp³-hybridized carbons (Fsp3) is 0.333. The molecule has 31 heavy (non-hydrogen) atoms. The Hall–Kier alpha value is -3.35. The topological polar surface area (TPSA) is 71.0 Å². The molecule has 2 aromatic heterocycles. The number of aromatic nitrogens is 3. The van der Waals surface area contributed by atoms with Crippen LogP contribution >= 0.6 is 0 Å². The fourth-order valence-corrected chi connectivity index (χ4v) is 4.62. The largest absolute Gasteiger partial charge is 0.341 e. The second kappa shape index (κ2) is 6.57. The Bertz CT molecular complexity index is 1190. The van der Waals surface area contributed by atoms with E-state index in [2.05, 4.69) is 26.3 Å². The number of benzene rings is 1. The lowest BCUT2D eigenvalue weighted by Gasteiger charge is -2.30. The van der Waals surface area contributed by atoms with E-state index in [0.29, 0.717) is 17.4 Å². The number of aryl methyl sites for hydroxylation is 1. The first-order valence-corrected chi connectivity index (χ1v) is 10.7. The van der Waals surface area contributed by atoms with Crippen molar-refractivity contribution in [2.75, 3.05) is 11.4 Å². The minimum absolute atomic E-state index is 0.195. The lowest BCUT2D eigenvalue weighted by Crippen LogP contribution is -2.36. The third kappa shape index (κ3) is 3.15. The van der Waals surface area contributed by atoms with E-state index in [4.69, 9.17) is 4.98 Å². The number of nitrogens with zero attached hydrogens (tertiary/aromatic N) is 4. The van der Waals surface area contributed by atoms with Gasteiger partial charge < -0.3 is 10.2 Å². The first-order chi connectivity index (χ1) is 15.0. The first kappa shape index (κ1) is 18.4. The van der Waals surface area contributed by atoms with E-state index in [-0.39, 0.29) is 11.7 Å². The normalized spacial score (nSPS) is 22.3. The van der Waals surface area contributed by atoms with Crippen LogP contribution in [0.25, 0.3) is 0 Å². The lowest BCUT2D eigenvalue weighted by atomic mass is 10.0. The molecule has 6 rings (SSSR count). The van der Waals surface area contributed by atoms with E-state index in [9.17, 15) is 9.18 Å². The van der Waals surface area contributed by atoms with Gasteiger partial charge in [0.1, 0.15) is 17.5 Å². The molecule has 1 aliphatic heterocycles. The Morgan fingerprint density at radius 1 is 1.13 bits per heavy atom. The quantitative estimate of drug-likeness (QED) is 0.698. The van der Waals surface area contributed by atoms with Crippen LogP contribution in [0.1, 0.15) is 52.8 Å². The van der Waals surface area contributed by atoms with Gasteiger partial charge in [-0.3, -0.25) is 9.78 Å². The van der Waals surface area contributed by atoms with Gasteiger partial charge in [-0.15, -0.1) is 0 Å². The molecule has 3 aromatic rings. The molecule has 0 bridgehead atoms. The van der Waals surface area contributed by atoms with Gasteiger partial charge in [-0.25, -0.2) is 14.4 Å². The van der Waals surface area contributed by atoms with Crippen LogP contribution in [0.2, 0.25) is 0 Å². The second-order valence-corrected chi connectivity index (χ2v) is 8.82. The van der Waals surface area contributed by atoms with Gasteiger partial charge in [0, 0.05) is 24.2 Å². The van der Waals surface area contributed by atoms with Gasteiger partial charge in [0.15, 0.2) is 0 Å². The lowest BCUT2D eigenvalue weighted by molar-refractivity contribution is 0.0929. The van der Waals surface area contributed by atoms with Crippen LogP contribution < -0.4 is 10.2 Å². The summed E-state index contributed by atoms with van der Waals surface area (Å²) in [5.74, 6) is 2.18. The Morgan fingerprint density at radius 3 is 2.68 bits per heavy atom. The van der Waals surface area contributed by atoms with E-state index < -0.39 is 5.54 Å². The number of carbonyl (C=O) groups excluding carboxylic acids is 1. The van der Waals surface area contributed by atoms with Crippen molar-refractivity contribution in [3.63, 3.8) is 0 Å². The van der Waals surface area contributed by atoms with Gasteiger partial charge in [0.2, 0.25) is 0 Å². The van der Waals surface area contributed by atoms with Crippen LogP contribution in [0.5, 0.6) is 0 Å². The predicted octanol–water partition coefficient (Wildman–Crippen LogP) is 3.99. The molecule has 156 valence electrons. The van der Waals surface area contributed by atoms with Crippen LogP contribution in [-0.4, -0.2) is 27.4 Å². The maximum atomic E-state index is 13.2. The summed E-state index contributed by atoms with van der Waals surface area (Å²) in [5, 5.41) is 3.15. The molecule has 1 aromatic carbocycles. The summed E-state index contributed by atoms with van der Waals surface area (Å²) in [6.45, 7) is 2.85. The van der Waals surface area contributed by atoms with Crippen molar-refractivity contribution in [1.82, 2.24) is 20.3 Å². The standard InChI is InChI=1S/C24H22FN5O/c1-14-26-11-8-21(27-14)30-13-16-12-18(16)22-19(30)6-7-20(28-22)24(9-10-24)29-23(31)15-2-4-17(25)5-3-15/h2-8,11,16,18H,9-10,12-13H2,1H3,(H,29,31). The minimum atomic E-state index is -0.432. The maximum Gasteiger partial charge on any atom is 0.252 e. The number of carbonyl (C=O) groups is 1. The summed E-state index contributed by atoms with van der Waals surface area (Å²) in [6, 6.07) is 11.7. The van der Waals surface area contributed by atoms with Crippen LogP contribution in [-0.2, 0) is 5.54 Å². The first-order valence-electron chi connectivity index (χ1n) is 10.7. The average molecular weight is 415 g/mol. The highest BCUT2D eigenvalue weighted by molar-refractivity contribution is 5.95. The SMILES string of the molecule is Cc1nccc(N2CC3CC3c3nc(C4(NC(=O)c5ccc(F)cc5)CC4)ccc32)n1. The highest BCUT2D eigenvalue weighted by Gasteiger charge is 2.50. The number of hydrogen-bond acceptors (Lipinski definition) is 5. The Labute approximate surface area is 179 Å². The number of rotatable bonds is 4. The number of amides is 1. The van der Waals surface area contributed by atoms with Crippen molar-refractivity contribution in [2.24, 2.45) is 5.92 Å². The Kier molecular flexibility index (Phi) is 3.91. The number of anilines is 2. The predicted molar refractivity (Wildman–Crippen MR) is 114 cm³/mol. The van der Waals surface area contributed by atoms with Crippen molar-refractivity contribution in [3.05, 3.63) is 77.3 Å². The molecule has 2 aliphatic carbocycles. The summed E-state index contributed by atoms with van der Waals surface area (Å²) in [4.78, 5) is 28.9. The van der Waals surface area contributed by atoms with Crippen molar-refractivity contribution in [3.8, 4) is 0 Å². The van der Waals surface area contributed by atoms with E-state index >= 15 is 0 Å². The third-order valence-electron chi connectivity index (χ3n) is 6.62. The summed E-state index contributed by atoms with van der Waals surface area (Å²) >= 11 is 0. The molecule has 6 nitrogen and oxygen atoms in total. The van der Waals surface area contributed by atoms with E-state index in [1.165, 1.54) is 24.3 Å². The highest BCUT2D eigenvalue weighted by atomic mass is 19.1. The fourth-order valence-electron chi connectivity index (χ4n) is 4.62. The maximum absolute atomic E-state index is 13.2. The van der Waals surface area contributed by atoms with E-state index in [1.54, 1.807) is 6.20 Å². The average Bonchev–Trinajstić information content (AvgIpc) is 3.69. The molecule has 0 saturated heterocycles. The summed E-state index contributed by atoms with van der Waals surface area (Å²) in [6.07, 6.45) is 4.64. The monoisotopic (exact) mass is 415 g/mol. The van der Waals surface area contributed by atoms with Crippen LogP contribution in [0.15, 0.2) is 48.7 Å². The molecule has 3 aliphatic rings. The smallest absolute Gasteiger partial charge is 0.252 e. The molecule has 2 atom stereocenters. The van der Waals surface area contributed by atoms with Crippen molar-refractivity contribution in [1.29, 1.82) is 0 Å². The van der Waals surface area contributed by atoms with Gasteiger partial charge in [0.05, 0.1) is 22.6 Å². The van der Waals surface area contributed by atoms with Crippen LogP contribution in [0.3, 0.4) is 0 Å². The number of fused-ring (bicyclic) bond motifs is 3. The van der Waals surface area contributed by atoms with Gasteiger partial charge in [-0.2, -0.15) is 0 Å². The number of nitrogens with one attached hydrogen (secondary N) is 1. The molecule has 1 N–H and O–H groups in total. The molecule has 0 spiro atoms. The van der Waals surface area contributed by atoms with Crippen molar-refractivity contribution in [2.45, 2.75) is 37.6 Å². The third-order valence-corrected chi connectivity index (χ3v) is 6.62. The van der Waals surface area contributed by atoms with E-state index in [0.717, 1.165) is 54.5 Å². The van der Waals surface area contributed by atoms with Crippen molar-refractivity contribution < 1.29 is 9.18 Å². The zero-order valence-corrected chi connectivity index (χ0v) is 17.2. The molecular weight excluding hydrogens is 393 g/mol. The van der Waals surface area contributed by atoms with Crippen LogP contribution in [0, 0.1) is 18.7 Å². The zero-order valence-electron chi connectivity index (χ0n) is 17.2. The van der Waals surface area contributed by atoms with Gasteiger partial charge in [-0.05, 0) is 74.6 Å². The zero-order chi connectivity index (χ0) is 21.2. The van der Waals surface area contributed by atoms with Gasteiger partial charge in [0.25, 0.3) is 5.91 Å².